The summed E-state index contributed by atoms with van der Waals surface area (Å²) in [7, 11) is 3.35. The van der Waals surface area contributed by atoms with E-state index in [2.05, 4.69) is 53.3 Å². The fraction of sp³-hybridized carbons (Fsp3) is 0.294. The third kappa shape index (κ3) is 3.70. The summed E-state index contributed by atoms with van der Waals surface area (Å²) in [5.41, 5.74) is 3.34. The van der Waals surface area contributed by atoms with Gasteiger partial charge in [-0.05, 0) is 65.2 Å². The van der Waals surface area contributed by atoms with Crippen molar-refractivity contribution >= 4 is 21.6 Å². The fourth-order valence-corrected chi connectivity index (χ4v) is 2.74. The Balaban J connectivity index is 2.21. The molecule has 2 rings (SSSR count). The van der Waals surface area contributed by atoms with E-state index in [0.29, 0.717) is 0 Å². The minimum absolute atomic E-state index is 0.156. The quantitative estimate of drug-likeness (QED) is 0.828. The molecule has 112 valence electrons. The van der Waals surface area contributed by atoms with E-state index < -0.39 is 0 Å². The fourth-order valence-electron chi connectivity index (χ4n) is 2.19. The Labute approximate surface area is 134 Å². The predicted octanol–water partition coefficient (Wildman–Crippen LogP) is 4.95. The predicted molar refractivity (Wildman–Crippen MR) is 90.5 cm³/mol. The highest BCUT2D eigenvalue weighted by atomic mass is 79.9. The molecule has 0 aromatic heterocycles. The van der Waals surface area contributed by atoms with Crippen LogP contribution in [0.2, 0.25) is 0 Å². The van der Waals surface area contributed by atoms with E-state index in [1.807, 2.05) is 18.2 Å². The Morgan fingerprint density at radius 2 is 1.71 bits per heavy atom. The maximum absolute atomic E-state index is 5.43. The lowest BCUT2D eigenvalue weighted by atomic mass is 10.1. The van der Waals surface area contributed by atoms with Crippen LogP contribution in [0.3, 0.4) is 0 Å². The van der Waals surface area contributed by atoms with Crippen LogP contribution in [0.15, 0.2) is 40.9 Å². The molecule has 0 radical (unpaired) electrons. The normalized spacial score (nSPS) is 11.9. The van der Waals surface area contributed by atoms with Gasteiger partial charge in [0.05, 0.1) is 24.4 Å². The third-order valence-electron chi connectivity index (χ3n) is 3.40. The molecule has 0 aliphatic rings. The molecule has 1 N–H and O–H groups in total. The molecule has 0 saturated carbocycles. The monoisotopic (exact) mass is 349 g/mol. The molecule has 0 bridgehead atoms. The van der Waals surface area contributed by atoms with E-state index in [-0.39, 0.29) is 6.04 Å². The summed E-state index contributed by atoms with van der Waals surface area (Å²) in [5.74, 6) is 1.69. The summed E-state index contributed by atoms with van der Waals surface area (Å²) < 4.78 is 11.6. The minimum Gasteiger partial charge on any atom is -0.496 e. The maximum atomic E-state index is 5.43. The van der Waals surface area contributed by atoms with Crippen LogP contribution in [-0.2, 0) is 0 Å². The van der Waals surface area contributed by atoms with Gasteiger partial charge in [0, 0.05) is 6.04 Å². The molecule has 1 unspecified atom stereocenters. The highest BCUT2D eigenvalue weighted by Gasteiger charge is 2.11. The topological polar surface area (TPSA) is 30.5 Å². The summed E-state index contributed by atoms with van der Waals surface area (Å²) in [6.07, 6.45) is 0. The number of methoxy groups -OCH3 is 2. The van der Waals surface area contributed by atoms with Gasteiger partial charge in [-0.15, -0.1) is 0 Å². The molecule has 0 heterocycles. The first-order valence-corrected chi connectivity index (χ1v) is 7.59. The van der Waals surface area contributed by atoms with E-state index in [0.717, 1.165) is 21.7 Å². The van der Waals surface area contributed by atoms with Crippen molar-refractivity contribution < 1.29 is 9.47 Å². The van der Waals surface area contributed by atoms with Crippen molar-refractivity contribution in [2.24, 2.45) is 0 Å². The number of halogens is 1. The molecule has 2 aromatic rings. The van der Waals surface area contributed by atoms with Gasteiger partial charge in [0.2, 0.25) is 0 Å². The summed E-state index contributed by atoms with van der Waals surface area (Å²) in [4.78, 5) is 0. The first-order valence-electron chi connectivity index (χ1n) is 6.79. The third-order valence-corrected chi connectivity index (χ3v) is 4.02. The van der Waals surface area contributed by atoms with Gasteiger partial charge < -0.3 is 14.8 Å². The van der Waals surface area contributed by atoms with Gasteiger partial charge in [0.25, 0.3) is 0 Å². The van der Waals surface area contributed by atoms with Crippen LogP contribution in [-0.4, -0.2) is 14.2 Å². The molecular weight excluding hydrogens is 330 g/mol. The number of anilines is 1. The minimum atomic E-state index is 0.156. The second kappa shape index (κ2) is 6.85. The summed E-state index contributed by atoms with van der Waals surface area (Å²) in [6, 6.07) is 12.4. The van der Waals surface area contributed by atoms with Crippen molar-refractivity contribution in [1.82, 2.24) is 0 Å². The van der Waals surface area contributed by atoms with Gasteiger partial charge in [-0.2, -0.15) is 0 Å². The van der Waals surface area contributed by atoms with E-state index in [1.165, 1.54) is 11.1 Å². The Morgan fingerprint density at radius 1 is 1.00 bits per heavy atom. The van der Waals surface area contributed by atoms with Gasteiger partial charge in [0.1, 0.15) is 11.5 Å². The average Bonchev–Trinajstić information content (AvgIpc) is 2.48. The van der Waals surface area contributed by atoms with E-state index in [4.69, 9.17) is 9.47 Å². The first kappa shape index (κ1) is 15.7. The number of aryl methyl sites for hydroxylation is 1. The molecular formula is C17H20BrNO2. The Morgan fingerprint density at radius 3 is 2.33 bits per heavy atom. The highest BCUT2D eigenvalue weighted by molar-refractivity contribution is 9.10. The Hall–Kier alpha value is -1.68. The molecule has 1 atom stereocenters. The van der Waals surface area contributed by atoms with Gasteiger partial charge in [-0.3, -0.25) is 0 Å². The van der Waals surface area contributed by atoms with Crippen LogP contribution in [0.5, 0.6) is 11.5 Å². The Bertz CT molecular complexity index is 628. The number of ether oxygens (including phenoxy) is 2. The van der Waals surface area contributed by atoms with Crippen LogP contribution in [0, 0.1) is 6.92 Å². The zero-order valence-corrected chi connectivity index (χ0v) is 14.3. The van der Waals surface area contributed by atoms with Crippen LogP contribution in [0.4, 0.5) is 5.69 Å². The molecule has 0 aliphatic carbocycles. The molecule has 0 spiro atoms. The van der Waals surface area contributed by atoms with Gasteiger partial charge in [-0.25, -0.2) is 0 Å². The van der Waals surface area contributed by atoms with E-state index >= 15 is 0 Å². The highest BCUT2D eigenvalue weighted by Crippen LogP contribution is 2.32. The van der Waals surface area contributed by atoms with Crippen molar-refractivity contribution in [2.45, 2.75) is 19.9 Å². The van der Waals surface area contributed by atoms with Crippen molar-refractivity contribution in [3.63, 3.8) is 0 Å². The molecule has 3 nitrogen and oxygen atoms in total. The molecule has 4 heteroatoms. The van der Waals surface area contributed by atoms with Crippen molar-refractivity contribution in [3.8, 4) is 11.5 Å². The van der Waals surface area contributed by atoms with Crippen molar-refractivity contribution in [3.05, 3.63) is 52.0 Å². The molecule has 0 amide bonds. The summed E-state index contributed by atoms with van der Waals surface area (Å²) in [5, 5.41) is 3.48. The lowest BCUT2D eigenvalue weighted by Gasteiger charge is -2.19. The SMILES string of the molecule is COc1ccc(C(C)Nc2ccc(C)cc2OC)cc1Br. The maximum Gasteiger partial charge on any atom is 0.142 e. The van der Waals surface area contributed by atoms with Crippen LogP contribution in [0.25, 0.3) is 0 Å². The van der Waals surface area contributed by atoms with Crippen molar-refractivity contribution in [2.75, 3.05) is 19.5 Å². The zero-order valence-electron chi connectivity index (χ0n) is 12.7. The lowest BCUT2D eigenvalue weighted by molar-refractivity contribution is 0.412. The van der Waals surface area contributed by atoms with E-state index in [9.17, 15) is 0 Å². The number of hydrogen-bond acceptors (Lipinski definition) is 3. The van der Waals surface area contributed by atoms with E-state index in [1.54, 1.807) is 14.2 Å². The molecule has 0 fully saturated rings. The molecule has 0 saturated heterocycles. The molecule has 21 heavy (non-hydrogen) atoms. The van der Waals surface area contributed by atoms with Gasteiger partial charge >= 0.3 is 0 Å². The second-order valence-corrected chi connectivity index (χ2v) is 5.82. The van der Waals surface area contributed by atoms with Crippen LogP contribution in [0.1, 0.15) is 24.1 Å². The lowest BCUT2D eigenvalue weighted by Crippen LogP contribution is -2.08. The number of nitrogens with one attached hydrogen (secondary N) is 1. The number of hydrogen-bond donors (Lipinski definition) is 1. The Kier molecular flexibility index (Phi) is 5.12. The largest absolute Gasteiger partial charge is 0.496 e. The van der Waals surface area contributed by atoms with Crippen molar-refractivity contribution in [1.29, 1.82) is 0 Å². The average molecular weight is 350 g/mol. The van der Waals surface area contributed by atoms with Crippen LogP contribution >= 0.6 is 15.9 Å². The number of rotatable bonds is 5. The number of benzene rings is 2. The molecule has 0 aliphatic heterocycles. The van der Waals surface area contributed by atoms with Crippen LogP contribution < -0.4 is 14.8 Å². The summed E-state index contributed by atoms with van der Waals surface area (Å²) >= 11 is 3.52. The standard InChI is InChI=1S/C17H20BrNO2/c1-11-5-7-15(17(9-11)21-4)19-12(2)13-6-8-16(20-3)14(18)10-13/h5-10,12,19H,1-4H3. The smallest absolute Gasteiger partial charge is 0.142 e. The zero-order chi connectivity index (χ0) is 15.4. The van der Waals surface area contributed by atoms with Gasteiger partial charge in [-0.1, -0.05) is 12.1 Å². The summed E-state index contributed by atoms with van der Waals surface area (Å²) in [6.45, 7) is 4.17. The molecule has 2 aromatic carbocycles. The second-order valence-electron chi connectivity index (χ2n) is 4.96. The first-order chi connectivity index (χ1) is 10.0. The van der Waals surface area contributed by atoms with Gasteiger partial charge in [0.15, 0.2) is 0 Å².